The molecule has 0 aliphatic carbocycles. The van der Waals surface area contributed by atoms with E-state index in [1.165, 1.54) is 0 Å². The Labute approximate surface area is 113 Å². The fourth-order valence-corrected chi connectivity index (χ4v) is 1.88. The summed E-state index contributed by atoms with van der Waals surface area (Å²) < 4.78 is 5.35. The Morgan fingerprint density at radius 3 is 2.68 bits per heavy atom. The van der Waals surface area contributed by atoms with Gasteiger partial charge in [0.05, 0.1) is 12.7 Å². The molecule has 1 aromatic carbocycles. The first kappa shape index (κ1) is 15.3. The van der Waals surface area contributed by atoms with Gasteiger partial charge in [-0.25, -0.2) is 0 Å². The van der Waals surface area contributed by atoms with Crippen LogP contribution in [0.3, 0.4) is 0 Å². The van der Waals surface area contributed by atoms with Gasteiger partial charge in [0.1, 0.15) is 5.75 Å². The molecule has 4 N–H and O–H groups in total. The van der Waals surface area contributed by atoms with Crippen LogP contribution in [0.25, 0.3) is 0 Å². The van der Waals surface area contributed by atoms with Crippen molar-refractivity contribution in [2.45, 2.75) is 39.3 Å². The number of nitrogens with one attached hydrogen (secondary N) is 1. The number of hydrogen-bond donors (Lipinski definition) is 3. The van der Waals surface area contributed by atoms with E-state index in [-0.39, 0.29) is 11.9 Å². The summed E-state index contributed by atoms with van der Waals surface area (Å²) in [7, 11) is 0. The van der Waals surface area contributed by atoms with Gasteiger partial charge in [-0.1, -0.05) is 0 Å². The van der Waals surface area contributed by atoms with Crippen LogP contribution < -0.4 is 15.8 Å². The van der Waals surface area contributed by atoms with Gasteiger partial charge in [-0.15, -0.1) is 0 Å². The summed E-state index contributed by atoms with van der Waals surface area (Å²) in [5.41, 5.74) is 6.68. The predicted molar refractivity (Wildman–Crippen MR) is 75.2 cm³/mol. The van der Waals surface area contributed by atoms with Gasteiger partial charge in [0.15, 0.2) is 0 Å². The highest BCUT2D eigenvalue weighted by Gasteiger charge is 2.13. The van der Waals surface area contributed by atoms with E-state index in [0.29, 0.717) is 30.0 Å². The Hall–Kier alpha value is -1.75. The lowest BCUT2D eigenvalue weighted by Crippen LogP contribution is -2.34. The van der Waals surface area contributed by atoms with Crippen molar-refractivity contribution in [3.05, 3.63) is 23.8 Å². The highest BCUT2D eigenvalue weighted by molar-refractivity contribution is 5.95. The maximum Gasteiger partial charge on any atom is 0.251 e. The highest BCUT2D eigenvalue weighted by atomic mass is 16.5. The average molecular weight is 266 g/mol. The molecule has 0 heterocycles. The topological polar surface area (TPSA) is 84.6 Å². The SMILES string of the molecule is CCOc1cc(N)cc(C(=O)NC(C)CC(C)O)c1. The zero-order chi connectivity index (χ0) is 14.4. The number of rotatable bonds is 6. The van der Waals surface area contributed by atoms with Gasteiger partial charge in [0.2, 0.25) is 0 Å². The number of hydrogen-bond acceptors (Lipinski definition) is 4. The van der Waals surface area contributed by atoms with Crippen LogP contribution in [-0.2, 0) is 0 Å². The fourth-order valence-electron chi connectivity index (χ4n) is 1.88. The van der Waals surface area contributed by atoms with Crippen molar-refractivity contribution in [3.8, 4) is 5.75 Å². The molecule has 5 heteroatoms. The Morgan fingerprint density at radius 1 is 1.42 bits per heavy atom. The van der Waals surface area contributed by atoms with E-state index in [2.05, 4.69) is 5.32 Å². The molecule has 0 bridgehead atoms. The fraction of sp³-hybridized carbons (Fsp3) is 0.500. The van der Waals surface area contributed by atoms with Crippen LogP contribution in [0.2, 0.25) is 0 Å². The lowest BCUT2D eigenvalue weighted by Gasteiger charge is -2.16. The monoisotopic (exact) mass is 266 g/mol. The number of benzene rings is 1. The Bertz CT molecular complexity index is 433. The van der Waals surface area contributed by atoms with E-state index < -0.39 is 6.10 Å². The van der Waals surface area contributed by atoms with Crippen LogP contribution in [0.15, 0.2) is 18.2 Å². The second-order valence-corrected chi connectivity index (χ2v) is 4.68. The first-order valence-corrected chi connectivity index (χ1v) is 6.44. The number of carbonyl (C=O) groups excluding carboxylic acids is 1. The van der Waals surface area contributed by atoms with Gasteiger partial charge in [-0.2, -0.15) is 0 Å². The van der Waals surface area contributed by atoms with E-state index in [4.69, 9.17) is 10.5 Å². The molecule has 106 valence electrons. The number of anilines is 1. The van der Waals surface area contributed by atoms with Crippen LogP contribution in [0.4, 0.5) is 5.69 Å². The third-order valence-electron chi connectivity index (χ3n) is 2.57. The molecule has 1 amide bonds. The minimum atomic E-state index is -0.449. The summed E-state index contributed by atoms with van der Waals surface area (Å²) in [6, 6.07) is 4.83. The Morgan fingerprint density at radius 2 is 2.11 bits per heavy atom. The van der Waals surface area contributed by atoms with Crippen LogP contribution in [0.1, 0.15) is 37.6 Å². The van der Waals surface area contributed by atoms with E-state index in [9.17, 15) is 9.90 Å². The van der Waals surface area contributed by atoms with Crippen LogP contribution in [-0.4, -0.2) is 29.8 Å². The van der Waals surface area contributed by atoms with Gasteiger partial charge in [0, 0.05) is 23.4 Å². The molecule has 0 fully saturated rings. The zero-order valence-corrected chi connectivity index (χ0v) is 11.6. The Kier molecular flexibility index (Phi) is 5.63. The number of amides is 1. The molecule has 0 saturated carbocycles. The summed E-state index contributed by atoms with van der Waals surface area (Å²) in [5, 5.41) is 12.1. The molecule has 2 atom stereocenters. The molecule has 5 nitrogen and oxygen atoms in total. The van der Waals surface area contributed by atoms with Crippen LogP contribution >= 0.6 is 0 Å². The molecular formula is C14H22N2O3. The highest BCUT2D eigenvalue weighted by Crippen LogP contribution is 2.19. The largest absolute Gasteiger partial charge is 0.494 e. The second kappa shape index (κ2) is 6.99. The molecule has 1 aromatic rings. The maximum absolute atomic E-state index is 12.0. The van der Waals surface area contributed by atoms with E-state index in [1.54, 1.807) is 25.1 Å². The molecule has 0 aliphatic rings. The molecule has 0 radical (unpaired) electrons. The van der Waals surface area contributed by atoms with Gasteiger partial charge in [0.25, 0.3) is 5.91 Å². The standard InChI is InChI=1S/C14H22N2O3/c1-4-19-13-7-11(6-12(15)8-13)14(18)16-9(2)5-10(3)17/h6-10,17H,4-5,15H2,1-3H3,(H,16,18). The minimum Gasteiger partial charge on any atom is -0.494 e. The van der Waals surface area contributed by atoms with Crippen molar-refractivity contribution in [1.29, 1.82) is 0 Å². The minimum absolute atomic E-state index is 0.107. The first-order valence-electron chi connectivity index (χ1n) is 6.44. The van der Waals surface area contributed by atoms with Crippen molar-refractivity contribution in [1.82, 2.24) is 5.32 Å². The van der Waals surface area contributed by atoms with Gasteiger partial charge in [-0.05, 0) is 39.3 Å². The molecular weight excluding hydrogens is 244 g/mol. The van der Waals surface area contributed by atoms with Crippen LogP contribution in [0.5, 0.6) is 5.75 Å². The third kappa shape index (κ3) is 5.18. The molecule has 1 rings (SSSR count). The quantitative estimate of drug-likeness (QED) is 0.682. The molecule has 2 unspecified atom stereocenters. The van der Waals surface area contributed by atoms with E-state index >= 15 is 0 Å². The van der Waals surface area contributed by atoms with Gasteiger partial charge >= 0.3 is 0 Å². The third-order valence-corrected chi connectivity index (χ3v) is 2.57. The summed E-state index contributed by atoms with van der Waals surface area (Å²) in [6.07, 6.45) is 0.0574. The van der Waals surface area contributed by atoms with Crippen molar-refractivity contribution < 1.29 is 14.6 Å². The van der Waals surface area contributed by atoms with Crippen molar-refractivity contribution in [2.24, 2.45) is 0 Å². The maximum atomic E-state index is 12.0. The van der Waals surface area contributed by atoms with Gasteiger partial charge < -0.3 is 20.9 Å². The summed E-state index contributed by atoms with van der Waals surface area (Å²) >= 11 is 0. The Balaban J connectivity index is 2.76. The molecule has 0 saturated heterocycles. The van der Waals surface area contributed by atoms with E-state index in [1.807, 2.05) is 13.8 Å². The summed E-state index contributed by atoms with van der Waals surface area (Å²) in [6.45, 7) is 5.92. The first-order chi connectivity index (χ1) is 8.92. The predicted octanol–water partition coefficient (Wildman–Crippen LogP) is 1.56. The number of aliphatic hydroxyl groups excluding tert-OH is 1. The lowest BCUT2D eigenvalue weighted by molar-refractivity contribution is 0.0922. The molecule has 19 heavy (non-hydrogen) atoms. The normalized spacial score (nSPS) is 13.7. The average Bonchev–Trinajstić information content (AvgIpc) is 2.27. The number of aliphatic hydroxyl groups is 1. The van der Waals surface area contributed by atoms with Gasteiger partial charge in [-0.3, -0.25) is 4.79 Å². The van der Waals surface area contributed by atoms with Crippen molar-refractivity contribution in [2.75, 3.05) is 12.3 Å². The molecule has 0 spiro atoms. The summed E-state index contributed by atoms with van der Waals surface area (Å²) in [5.74, 6) is 0.359. The lowest BCUT2D eigenvalue weighted by atomic mass is 10.1. The van der Waals surface area contributed by atoms with Crippen molar-refractivity contribution in [3.63, 3.8) is 0 Å². The summed E-state index contributed by atoms with van der Waals surface area (Å²) in [4.78, 5) is 12.0. The molecule has 0 aliphatic heterocycles. The van der Waals surface area contributed by atoms with Crippen molar-refractivity contribution >= 4 is 11.6 Å². The number of nitrogen functional groups attached to an aromatic ring is 1. The number of nitrogens with two attached hydrogens (primary N) is 1. The van der Waals surface area contributed by atoms with E-state index in [0.717, 1.165) is 0 Å². The molecule has 0 aromatic heterocycles. The zero-order valence-electron chi connectivity index (χ0n) is 11.6. The van der Waals surface area contributed by atoms with Crippen LogP contribution in [0, 0.1) is 0 Å². The number of carbonyl (C=O) groups is 1. The second-order valence-electron chi connectivity index (χ2n) is 4.68. The smallest absolute Gasteiger partial charge is 0.251 e. The number of ether oxygens (including phenoxy) is 1.